The van der Waals surface area contributed by atoms with E-state index in [4.69, 9.17) is 4.74 Å². The summed E-state index contributed by atoms with van der Waals surface area (Å²) in [6.45, 7) is 5.54. The molecule has 0 aliphatic carbocycles. The number of nitrogens with zero attached hydrogens (tertiary/aromatic N) is 1. The van der Waals surface area contributed by atoms with Crippen LogP contribution in [0, 0.1) is 6.92 Å². The molecule has 1 atom stereocenters. The van der Waals surface area contributed by atoms with Crippen LogP contribution in [-0.2, 0) is 11.3 Å². The first-order chi connectivity index (χ1) is 12.7. The van der Waals surface area contributed by atoms with Gasteiger partial charge in [-0.3, -0.25) is 9.69 Å². The number of hydrogen-bond donors (Lipinski definition) is 2. The van der Waals surface area contributed by atoms with Gasteiger partial charge in [-0.2, -0.15) is 0 Å². The van der Waals surface area contributed by atoms with Gasteiger partial charge in [-0.05, 0) is 18.6 Å². The number of piperazine rings is 1. The number of para-hydroxylation sites is 1. The van der Waals surface area contributed by atoms with Gasteiger partial charge in [-0.15, -0.1) is 12.4 Å². The van der Waals surface area contributed by atoms with E-state index in [0.29, 0.717) is 13.1 Å². The predicted molar refractivity (Wildman–Crippen MR) is 110 cm³/mol. The van der Waals surface area contributed by atoms with Gasteiger partial charge < -0.3 is 15.4 Å². The van der Waals surface area contributed by atoms with Gasteiger partial charge in [0.2, 0.25) is 5.91 Å². The molecule has 0 radical (unpaired) electrons. The second-order valence-electron chi connectivity index (χ2n) is 6.69. The standard InChI is InChI=1S/C21H27N3O2.ClH/c1-16-7-9-17(10-8-16)13-23-21(25)15-24-12-11-22-14-19(24)18-5-3-4-6-20(18)26-2;/h3-10,19,22H,11-15H2,1-2H3,(H,23,25);1H. The number of carbonyl (C=O) groups excluding carboxylic acids is 1. The summed E-state index contributed by atoms with van der Waals surface area (Å²) in [6, 6.07) is 16.4. The van der Waals surface area contributed by atoms with E-state index in [2.05, 4.69) is 52.8 Å². The Balaban J connectivity index is 0.00000261. The first kappa shape index (κ1) is 21.2. The van der Waals surface area contributed by atoms with Gasteiger partial charge in [0, 0.05) is 31.7 Å². The van der Waals surface area contributed by atoms with Crippen LogP contribution in [0.15, 0.2) is 48.5 Å². The number of rotatable bonds is 6. The quantitative estimate of drug-likeness (QED) is 0.797. The van der Waals surface area contributed by atoms with Crippen molar-refractivity contribution in [3.05, 3.63) is 65.2 Å². The fourth-order valence-electron chi connectivity index (χ4n) is 3.33. The molecule has 0 aromatic heterocycles. The maximum absolute atomic E-state index is 12.5. The second kappa shape index (κ2) is 10.3. The molecule has 1 heterocycles. The molecule has 6 heteroatoms. The first-order valence-electron chi connectivity index (χ1n) is 9.07. The van der Waals surface area contributed by atoms with Crippen LogP contribution in [0.25, 0.3) is 0 Å². The summed E-state index contributed by atoms with van der Waals surface area (Å²) >= 11 is 0. The van der Waals surface area contributed by atoms with Crippen molar-refractivity contribution in [2.45, 2.75) is 19.5 Å². The fourth-order valence-corrected chi connectivity index (χ4v) is 3.33. The first-order valence-corrected chi connectivity index (χ1v) is 9.07. The van der Waals surface area contributed by atoms with Crippen molar-refractivity contribution in [2.75, 3.05) is 33.3 Å². The molecule has 27 heavy (non-hydrogen) atoms. The lowest BCUT2D eigenvalue weighted by molar-refractivity contribution is -0.123. The highest BCUT2D eigenvalue weighted by atomic mass is 35.5. The highest BCUT2D eigenvalue weighted by molar-refractivity contribution is 5.85. The highest BCUT2D eigenvalue weighted by Crippen LogP contribution is 2.29. The topological polar surface area (TPSA) is 53.6 Å². The van der Waals surface area contributed by atoms with Gasteiger partial charge in [-0.25, -0.2) is 0 Å². The van der Waals surface area contributed by atoms with Gasteiger partial charge in [0.1, 0.15) is 5.75 Å². The van der Waals surface area contributed by atoms with Gasteiger partial charge in [0.15, 0.2) is 0 Å². The van der Waals surface area contributed by atoms with Crippen molar-refractivity contribution < 1.29 is 9.53 Å². The van der Waals surface area contributed by atoms with Gasteiger partial charge >= 0.3 is 0 Å². The Labute approximate surface area is 167 Å². The van der Waals surface area contributed by atoms with E-state index in [1.807, 2.05) is 18.2 Å². The van der Waals surface area contributed by atoms with E-state index in [1.54, 1.807) is 7.11 Å². The van der Waals surface area contributed by atoms with Crippen LogP contribution in [0.5, 0.6) is 5.75 Å². The summed E-state index contributed by atoms with van der Waals surface area (Å²) in [7, 11) is 1.69. The average Bonchev–Trinajstić information content (AvgIpc) is 2.68. The number of carbonyl (C=O) groups is 1. The Bertz CT molecular complexity index is 736. The van der Waals surface area contributed by atoms with Crippen molar-refractivity contribution in [1.29, 1.82) is 0 Å². The molecule has 0 bridgehead atoms. The summed E-state index contributed by atoms with van der Waals surface area (Å²) in [5, 5.41) is 6.46. The number of benzene rings is 2. The summed E-state index contributed by atoms with van der Waals surface area (Å²) in [5.74, 6) is 0.915. The van der Waals surface area contributed by atoms with Crippen LogP contribution < -0.4 is 15.4 Å². The van der Waals surface area contributed by atoms with Crippen molar-refractivity contribution in [1.82, 2.24) is 15.5 Å². The minimum atomic E-state index is 0. The molecule has 3 rings (SSSR count). The number of halogens is 1. The number of methoxy groups -OCH3 is 1. The molecular formula is C21H28ClN3O2. The van der Waals surface area contributed by atoms with Crippen molar-refractivity contribution in [2.24, 2.45) is 0 Å². The fraction of sp³-hybridized carbons (Fsp3) is 0.381. The Hall–Kier alpha value is -2.08. The van der Waals surface area contributed by atoms with E-state index in [0.717, 1.165) is 36.5 Å². The number of ether oxygens (including phenoxy) is 1. The zero-order chi connectivity index (χ0) is 18.4. The molecule has 2 aromatic rings. The Morgan fingerprint density at radius 1 is 1.22 bits per heavy atom. The van der Waals surface area contributed by atoms with Crippen LogP contribution in [0.2, 0.25) is 0 Å². The lowest BCUT2D eigenvalue weighted by atomic mass is 10.0. The Morgan fingerprint density at radius 3 is 2.70 bits per heavy atom. The molecule has 1 aliphatic heterocycles. The minimum absolute atomic E-state index is 0. The van der Waals surface area contributed by atoms with E-state index >= 15 is 0 Å². The Kier molecular flexibility index (Phi) is 8.10. The van der Waals surface area contributed by atoms with Gasteiger partial charge in [-0.1, -0.05) is 48.0 Å². The second-order valence-corrected chi connectivity index (χ2v) is 6.69. The summed E-state index contributed by atoms with van der Waals surface area (Å²) in [4.78, 5) is 14.7. The molecule has 0 saturated carbocycles. The molecule has 146 valence electrons. The number of hydrogen-bond acceptors (Lipinski definition) is 4. The molecular weight excluding hydrogens is 362 g/mol. The van der Waals surface area contributed by atoms with E-state index < -0.39 is 0 Å². The monoisotopic (exact) mass is 389 g/mol. The summed E-state index contributed by atoms with van der Waals surface area (Å²) < 4.78 is 5.51. The predicted octanol–water partition coefficient (Wildman–Crippen LogP) is 2.69. The molecule has 2 N–H and O–H groups in total. The normalized spacial score (nSPS) is 17.0. The maximum Gasteiger partial charge on any atom is 0.234 e. The third-order valence-corrected chi connectivity index (χ3v) is 4.81. The lowest BCUT2D eigenvalue weighted by Gasteiger charge is -2.36. The van der Waals surface area contributed by atoms with E-state index in [-0.39, 0.29) is 24.4 Å². The van der Waals surface area contributed by atoms with E-state index in [1.165, 1.54) is 5.56 Å². The van der Waals surface area contributed by atoms with E-state index in [9.17, 15) is 4.79 Å². The molecule has 0 spiro atoms. The minimum Gasteiger partial charge on any atom is -0.496 e. The smallest absolute Gasteiger partial charge is 0.234 e. The largest absolute Gasteiger partial charge is 0.496 e. The zero-order valence-corrected chi connectivity index (χ0v) is 16.7. The van der Waals surface area contributed by atoms with Crippen molar-refractivity contribution in [3.63, 3.8) is 0 Å². The maximum atomic E-state index is 12.5. The SMILES string of the molecule is COc1ccccc1C1CNCCN1CC(=O)NCc1ccc(C)cc1.Cl. The van der Waals surface area contributed by atoms with Crippen molar-refractivity contribution >= 4 is 18.3 Å². The zero-order valence-electron chi connectivity index (χ0n) is 15.9. The lowest BCUT2D eigenvalue weighted by Crippen LogP contribution is -2.49. The van der Waals surface area contributed by atoms with Gasteiger partial charge in [0.25, 0.3) is 0 Å². The highest BCUT2D eigenvalue weighted by Gasteiger charge is 2.27. The molecule has 1 aliphatic rings. The molecule has 1 amide bonds. The van der Waals surface area contributed by atoms with Crippen LogP contribution >= 0.6 is 12.4 Å². The third-order valence-electron chi connectivity index (χ3n) is 4.81. The van der Waals surface area contributed by atoms with Crippen molar-refractivity contribution in [3.8, 4) is 5.75 Å². The van der Waals surface area contributed by atoms with Crippen LogP contribution in [0.4, 0.5) is 0 Å². The third kappa shape index (κ3) is 5.70. The molecule has 2 aromatic carbocycles. The molecule has 1 fully saturated rings. The van der Waals surface area contributed by atoms with Gasteiger partial charge in [0.05, 0.1) is 19.7 Å². The summed E-state index contributed by atoms with van der Waals surface area (Å²) in [6.07, 6.45) is 0. The Morgan fingerprint density at radius 2 is 1.96 bits per heavy atom. The number of amides is 1. The average molecular weight is 390 g/mol. The molecule has 1 unspecified atom stereocenters. The van der Waals surface area contributed by atoms with Crippen LogP contribution in [0.1, 0.15) is 22.7 Å². The molecule has 1 saturated heterocycles. The number of aryl methyl sites for hydroxylation is 1. The van der Waals surface area contributed by atoms with Crippen LogP contribution in [-0.4, -0.2) is 44.1 Å². The number of nitrogens with one attached hydrogen (secondary N) is 2. The van der Waals surface area contributed by atoms with Crippen LogP contribution in [0.3, 0.4) is 0 Å². The summed E-state index contributed by atoms with van der Waals surface area (Å²) in [5.41, 5.74) is 3.46. The molecule has 5 nitrogen and oxygen atoms in total.